The molecule has 0 unspecified atom stereocenters. The summed E-state index contributed by atoms with van der Waals surface area (Å²) in [6, 6.07) is 14.0. The van der Waals surface area contributed by atoms with E-state index in [9.17, 15) is 77.3 Å². The van der Waals surface area contributed by atoms with Crippen LogP contribution in [0.5, 0.6) is 11.5 Å². The van der Waals surface area contributed by atoms with Gasteiger partial charge in [-0.3, -0.25) is 30.1 Å². The predicted octanol–water partition coefficient (Wildman–Crippen LogP) is -23.1. The molecule has 3 heterocycles. The Morgan fingerprint density at radius 1 is 0.491 bits per heavy atom. The zero-order valence-corrected chi connectivity index (χ0v) is 77.9. The summed E-state index contributed by atoms with van der Waals surface area (Å²) in [6.45, 7) is 3.35. The van der Waals surface area contributed by atoms with Crippen LogP contribution < -0.4 is 301 Å². The first-order valence-corrected chi connectivity index (χ1v) is 33.1. The maximum Gasteiger partial charge on any atom is 1.00 e. The van der Waals surface area contributed by atoms with Crippen molar-refractivity contribution in [2.45, 2.75) is 55.4 Å². The van der Waals surface area contributed by atoms with Crippen LogP contribution in [0.2, 0.25) is 0 Å². The van der Waals surface area contributed by atoms with Crippen molar-refractivity contribution >= 4 is 148 Å². The van der Waals surface area contributed by atoms with Gasteiger partial charge in [-0.15, -0.1) is 20.5 Å². The van der Waals surface area contributed by atoms with E-state index in [0.717, 1.165) is 36.4 Å². The molecule has 0 saturated carbocycles. The fraction of sp³-hybridized carbons (Fsp3) is 0.240. The molecule has 2 aromatic heterocycles. The molecule has 1 fully saturated rings. The van der Waals surface area contributed by atoms with E-state index in [1.165, 1.54) is 36.4 Å². The van der Waals surface area contributed by atoms with E-state index < -0.39 is 77.5 Å². The van der Waals surface area contributed by atoms with Gasteiger partial charge in [-0.25, -0.2) is 26.4 Å². The average molecular weight is 1660 g/mol. The van der Waals surface area contributed by atoms with Crippen LogP contribution in [-0.2, 0) is 80.7 Å². The minimum absolute atomic E-state index is 0. The second-order valence-electron chi connectivity index (χ2n) is 19.7. The number of rotatable bonds is 36. The largest absolute Gasteiger partial charge is 1.00 e. The maximum atomic E-state index is 12.9. The number of benzene rings is 6. The van der Waals surface area contributed by atoms with Crippen molar-refractivity contribution in [2.75, 3.05) is 73.6 Å². The average Bonchev–Trinajstić information content (AvgIpc) is 0.762. The SMILES string of the molecule is O=c1nc(NCCCN2CCN(CCCNc3nc(Nc4cc(S(=O)(=O)[O-])cc5cc(SOO[O-])c(N=Nc6cc(SOO[O-])ccc6CO[O-])c(O)c45)[nH]c(=O)n3)CC2)nc(Nc2cc(S(=O)(=O)[O-])cc3cc(SOO[O-])c(N=Nc4cc(SOO[O-])ccc4CO[O-])c(O)c23)[nH]1.[Na+].[Na+].[Na+].[Na+].[Na+].[Na+].[Na+].[Na+]. The monoisotopic (exact) mass is 1660 g/mol. The number of nitrogens with zero attached hydrogens (tertiary/aromatic N) is 10. The number of nitrogens with one attached hydrogen (secondary N) is 6. The molecule has 0 spiro atoms. The third-order valence-corrected chi connectivity index (χ3v) is 17.6. The quantitative estimate of drug-likeness (QED) is 0.00344. The van der Waals surface area contributed by atoms with Gasteiger partial charge in [0.2, 0.25) is 23.8 Å². The third kappa shape index (κ3) is 30.5. The standard InChI is InChI=1S/C50H52N16O26S6.8Na/c67-43-39-27(17-37(95-91-87-75)41(43)63-61-33-19-29(93-89-85-73)5-3-25(33)23-83-71)15-31(97(77,78)79)21-35(39)53-47-55-45(57-49(69)59-47)51-7-1-9-65-11-13-66(14-12-65)10-2-8-52-46-56-48(60-50(70)58-46)54-36-22-32(98(80,81)82)16-28-18-38(96-92-88-76)42(44(68)40(28)36)64-62-34-20-30(94-90-86-74)6-4-26(34)24-84-72;;;;;;;;/h3-6,15-22,67-68,71-76H,1-2,7-14,23-24H2,(H,77,78,79)(H,80,81,82)(H3,51,53,55,57,59,69)(H3,52,54,56,58,60,70);;;;;;;;/q;8*+1/p-8. The Hall–Kier alpha value is -0.0400. The Kier molecular flexibility index (Phi) is 50.8. The summed E-state index contributed by atoms with van der Waals surface area (Å²) >= 11 is 1.37. The summed E-state index contributed by atoms with van der Waals surface area (Å²) in [5.41, 5.74) is -3.11. The molecule has 56 heteroatoms. The smallest absolute Gasteiger partial charge is 0.744 e. The van der Waals surface area contributed by atoms with Crippen LogP contribution in [-0.4, -0.2) is 128 Å². The summed E-state index contributed by atoms with van der Waals surface area (Å²) in [5.74, 6) is -2.53. The summed E-state index contributed by atoms with van der Waals surface area (Å²) in [5, 5.41) is 129. The second kappa shape index (κ2) is 51.8. The van der Waals surface area contributed by atoms with Gasteiger partial charge >= 0.3 is 248 Å². The topological polar surface area (TPSA) is 607 Å². The summed E-state index contributed by atoms with van der Waals surface area (Å²) < 4.78 is 92.1. The van der Waals surface area contributed by atoms with Crippen molar-refractivity contribution in [2.24, 2.45) is 20.5 Å². The van der Waals surface area contributed by atoms with Crippen molar-refractivity contribution in [1.82, 2.24) is 39.7 Å². The number of aromatic nitrogens is 6. The number of piperazine rings is 1. The van der Waals surface area contributed by atoms with E-state index in [2.05, 4.69) is 129 Å². The maximum absolute atomic E-state index is 12.9. The zero-order valence-electron chi connectivity index (χ0n) is 57.0. The molecule has 524 valence electrons. The molecule has 0 amide bonds. The molecular formula is C50H44N16Na8O26S6. The molecule has 42 nitrogen and oxygen atoms in total. The Morgan fingerprint density at radius 3 is 1.19 bits per heavy atom. The van der Waals surface area contributed by atoms with E-state index in [0.29, 0.717) is 76.2 Å². The van der Waals surface area contributed by atoms with Crippen LogP contribution in [0, 0.1) is 0 Å². The summed E-state index contributed by atoms with van der Waals surface area (Å²) in [6.07, 6.45) is 1.07. The molecule has 8 aromatic rings. The first-order chi connectivity index (χ1) is 47.2. The van der Waals surface area contributed by atoms with Crippen LogP contribution in [0.3, 0.4) is 0 Å². The van der Waals surface area contributed by atoms with Crippen molar-refractivity contribution in [1.29, 1.82) is 0 Å². The Balaban J connectivity index is 0.00000702. The minimum atomic E-state index is -5.21. The Morgan fingerprint density at radius 2 is 0.849 bits per heavy atom. The summed E-state index contributed by atoms with van der Waals surface area (Å²) in [4.78, 5) is 57.6. The van der Waals surface area contributed by atoms with Gasteiger partial charge in [0, 0.05) is 71.0 Å². The van der Waals surface area contributed by atoms with Gasteiger partial charge in [-0.1, -0.05) is 12.1 Å². The van der Waals surface area contributed by atoms with Gasteiger partial charge in [0.1, 0.15) is 31.6 Å². The van der Waals surface area contributed by atoms with Crippen LogP contribution in [0.4, 0.5) is 57.9 Å². The molecule has 9 rings (SSSR count). The van der Waals surface area contributed by atoms with Crippen LogP contribution in [0.25, 0.3) is 21.5 Å². The molecule has 106 heavy (non-hydrogen) atoms. The normalized spacial score (nSPS) is 12.4. The second-order valence-corrected chi connectivity index (χ2v) is 25.5. The molecule has 1 aliphatic rings. The number of hydrogen-bond acceptors (Lipinski definition) is 44. The zero-order chi connectivity index (χ0) is 69.9. The van der Waals surface area contributed by atoms with Gasteiger partial charge in [0.25, 0.3) is 0 Å². The van der Waals surface area contributed by atoms with Gasteiger partial charge < -0.3 is 91.7 Å². The fourth-order valence-electron chi connectivity index (χ4n) is 9.43. The number of phenolic OH excluding ortho intramolecular Hbond substituents is 2. The van der Waals surface area contributed by atoms with Crippen molar-refractivity contribution < 1.29 is 351 Å². The molecule has 1 saturated heterocycles. The van der Waals surface area contributed by atoms with E-state index in [4.69, 9.17) is 0 Å². The van der Waals surface area contributed by atoms with Crippen molar-refractivity contribution in [3.05, 3.63) is 105 Å². The molecular weight excluding hydrogens is 1620 g/mol. The van der Waals surface area contributed by atoms with Crippen LogP contribution in [0.1, 0.15) is 24.0 Å². The van der Waals surface area contributed by atoms with E-state index in [1.807, 2.05) is 0 Å². The van der Waals surface area contributed by atoms with Crippen molar-refractivity contribution in [3.63, 3.8) is 0 Å². The molecule has 6 aromatic carbocycles. The van der Waals surface area contributed by atoms with E-state index in [1.54, 1.807) is 0 Å². The third-order valence-electron chi connectivity index (χ3n) is 13.6. The number of phenols is 2. The predicted molar refractivity (Wildman–Crippen MR) is 321 cm³/mol. The number of fused-ring (bicyclic) bond motifs is 2. The Bertz CT molecular complexity index is 4320. The number of aromatic amines is 2. The molecule has 8 N–H and O–H groups in total. The van der Waals surface area contributed by atoms with Gasteiger partial charge in [-0.2, -0.15) is 37.3 Å². The van der Waals surface area contributed by atoms with Gasteiger partial charge in [0.15, 0.2) is 11.5 Å². The number of hydrogen-bond donors (Lipinski definition) is 8. The Labute approximate surface area is 792 Å². The molecule has 0 bridgehead atoms. The molecule has 1 aliphatic heterocycles. The van der Waals surface area contributed by atoms with Gasteiger partial charge in [-0.05, 0) is 97.4 Å². The number of H-pyrrole nitrogens is 2. The van der Waals surface area contributed by atoms with Gasteiger partial charge in [0.05, 0.1) is 104 Å². The molecule has 0 aliphatic carbocycles. The molecule has 0 atom stereocenters. The number of aromatic hydroxyl groups is 2. The number of anilines is 6. The van der Waals surface area contributed by atoms with Crippen LogP contribution in [0.15, 0.2) is 132 Å². The summed E-state index contributed by atoms with van der Waals surface area (Å²) in [7, 11) is -10.4. The molecule has 0 radical (unpaired) electrons. The minimum Gasteiger partial charge on any atom is -0.744 e. The van der Waals surface area contributed by atoms with Crippen molar-refractivity contribution in [3.8, 4) is 11.5 Å². The van der Waals surface area contributed by atoms with Crippen LogP contribution >= 0.6 is 48.2 Å². The van der Waals surface area contributed by atoms with E-state index in [-0.39, 0.29) is 372 Å². The number of azo groups is 2. The van der Waals surface area contributed by atoms with E-state index >= 15 is 0 Å². The first kappa shape index (κ1) is 104. The fourth-order valence-corrected chi connectivity index (χ4v) is 12.3. The first-order valence-electron chi connectivity index (χ1n) is 27.3.